The van der Waals surface area contributed by atoms with E-state index < -0.39 is 11.9 Å². The maximum Gasteiger partial charge on any atom is 0.311 e. The smallest absolute Gasteiger partial charge is 0.311 e. The molecule has 1 aromatic carbocycles. The minimum atomic E-state index is -0.775. The SMILES string of the molecule is CCCC(C)C(C(=O)O)c1cccc(Cl)c1. The van der Waals surface area contributed by atoms with E-state index in [0.717, 1.165) is 18.4 Å². The highest BCUT2D eigenvalue weighted by Gasteiger charge is 2.25. The molecule has 1 rings (SSSR count). The van der Waals surface area contributed by atoms with Crippen LogP contribution in [-0.2, 0) is 4.79 Å². The van der Waals surface area contributed by atoms with Crippen LogP contribution in [0.4, 0.5) is 0 Å². The summed E-state index contributed by atoms with van der Waals surface area (Å²) in [7, 11) is 0. The third-order valence-corrected chi connectivity index (χ3v) is 3.02. The number of carboxylic acid groups (broad SMARTS) is 1. The summed E-state index contributed by atoms with van der Waals surface area (Å²) in [6.45, 7) is 4.04. The molecule has 1 aromatic rings. The summed E-state index contributed by atoms with van der Waals surface area (Å²) in [5, 5.41) is 9.86. The van der Waals surface area contributed by atoms with E-state index in [1.807, 2.05) is 13.0 Å². The molecule has 0 aliphatic rings. The van der Waals surface area contributed by atoms with E-state index in [-0.39, 0.29) is 5.92 Å². The maximum atomic E-state index is 11.3. The molecule has 1 N–H and O–H groups in total. The van der Waals surface area contributed by atoms with Gasteiger partial charge in [0.2, 0.25) is 0 Å². The second-order valence-corrected chi connectivity index (χ2v) is 4.57. The van der Waals surface area contributed by atoms with Crippen molar-refractivity contribution in [2.75, 3.05) is 0 Å². The Labute approximate surface area is 101 Å². The quantitative estimate of drug-likeness (QED) is 0.846. The Hall–Kier alpha value is -1.02. The highest BCUT2D eigenvalue weighted by molar-refractivity contribution is 6.30. The van der Waals surface area contributed by atoms with Gasteiger partial charge in [-0.3, -0.25) is 4.79 Å². The fourth-order valence-corrected chi connectivity index (χ4v) is 2.24. The molecule has 16 heavy (non-hydrogen) atoms. The number of halogens is 1. The lowest BCUT2D eigenvalue weighted by atomic mass is 9.85. The molecule has 0 aliphatic carbocycles. The van der Waals surface area contributed by atoms with E-state index in [4.69, 9.17) is 11.6 Å². The molecule has 0 amide bonds. The molecule has 0 saturated carbocycles. The first-order valence-corrected chi connectivity index (χ1v) is 5.92. The van der Waals surface area contributed by atoms with Crippen LogP contribution >= 0.6 is 11.6 Å². The molecular formula is C13H17ClO2. The normalized spacial score (nSPS) is 14.4. The van der Waals surface area contributed by atoms with Gasteiger partial charge in [-0.1, -0.05) is 44.0 Å². The fraction of sp³-hybridized carbons (Fsp3) is 0.462. The van der Waals surface area contributed by atoms with Crippen molar-refractivity contribution >= 4 is 17.6 Å². The van der Waals surface area contributed by atoms with Crippen molar-refractivity contribution in [3.63, 3.8) is 0 Å². The zero-order valence-corrected chi connectivity index (χ0v) is 10.4. The number of rotatable bonds is 5. The molecule has 2 atom stereocenters. The molecule has 2 nitrogen and oxygen atoms in total. The highest BCUT2D eigenvalue weighted by atomic mass is 35.5. The topological polar surface area (TPSA) is 37.3 Å². The lowest BCUT2D eigenvalue weighted by Crippen LogP contribution is -2.19. The van der Waals surface area contributed by atoms with Gasteiger partial charge in [0.15, 0.2) is 0 Å². The Kier molecular flexibility index (Phi) is 4.81. The molecule has 2 unspecified atom stereocenters. The van der Waals surface area contributed by atoms with E-state index in [2.05, 4.69) is 6.92 Å². The van der Waals surface area contributed by atoms with E-state index in [0.29, 0.717) is 5.02 Å². The third-order valence-electron chi connectivity index (χ3n) is 2.79. The first kappa shape index (κ1) is 13.0. The molecule has 0 saturated heterocycles. The predicted molar refractivity (Wildman–Crippen MR) is 65.9 cm³/mol. The third kappa shape index (κ3) is 3.24. The molecule has 0 radical (unpaired) electrons. The summed E-state index contributed by atoms with van der Waals surface area (Å²) in [6, 6.07) is 7.13. The van der Waals surface area contributed by atoms with E-state index >= 15 is 0 Å². The second-order valence-electron chi connectivity index (χ2n) is 4.14. The lowest BCUT2D eigenvalue weighted by Gasteiger charge is -2.20. The van der Waals surface area contributed by atoms with E-state index in [9.17, 15) is 9.90 Å². The van der Waals surface area contributed by atoms with Crippen LogP contribution in [0.15, 0.2) is 24.3 Å². The van der Waals surface area contributed by atoms with Crippen LogP contribution < -0.4 is 0 Å². The van der Waals surface area contributed by atoms with Crippen molar-refractivity contribution < 1.29 is 9.90 Å². The lowest BCUT2D eigenvalue weighted by molar-refractivity contribution is -0.140. The summed E-state index contributed by atoms with van der Waals surface area (Å²) in [5.41, 5.74) is 0.793. The van der Waals surface area contributed by atoms with Gasteiger partial charge < -0.3 is 5.11 Å². The number of hydrogen-bond donors (Lipinski definition) is 1. The van der Waals surface area contributed by atoms with Gasteiger partial charge in [0.25, 0.3) is 0 Å². The average molecular weight is 241 g/mol. The van der Waals surface area contributed by atoms with Crippen LogP contribution in [0.3, 0.4) is 0 Å². The molecule has 0 aromatic heterocycles. The van der Waals surface area contributed by atoms with Gasteiger partial charge in [0.1, 0.15) is 0 Å². The molecule has 0 fully saturated rings. The molecule has 0 aliphatic heterocycles. The molecule has 88 valence electrons. The van der Waals surface area contributed by atoms with Crippen molar-refractivity contribution in [1.82, 2.24) is 0 Å². The highest BCUT2D eigenvalue weighted by Crippen LogP contribution is 2.29. The Morgan fingerprint density at radius 2 is 2.19 bits per heavy atom. The summed E-state index contributed by atoms with van der Waals surface area (Å²) < 4.78 is 0. The van der Waals surface area contributed by atoms with Gasteiger partial charge in [0.05, 0.1) is 5.92 Å². The molecule has 0 bridgehead atoms. The van der Waals surface area contributed by atoms with Crippen LogP contribution in [-0.4, -0.2) is 11.1 Å². The van der Waals surface area contributed by atoms with Crippen molar-refractivity contribution in [3.8, 4) is 0 Å². The molecule has 3 heteroatoms. The first-order chi connectivity index (χ1) is 7.56. The Balaban J connectivity index is 2.98. The minimum Gasteiger partial charge on any atom is -0.481 e. The molecule has 0 heterocycles. The van der Waals surface area contributed by atoms with Crippen molar-refractivity contribution in [2.24, 2.45) is 5.92 Å². The predicted octanol–water partition coefficient (Wildman–Crippen LogP) is 3.94. The maximum absolute atomic E-state index is 11.3. The van der Waals surface area contributed by atoms with Crippen LogP contribution in [0.1, 0.15) is 38.2 Å². The van der Waals surface area contributed by atoms with E-state index in [1.54, 1.807) is 18.2 Å². The van der Waals surface area contributed by atoms with Crippen molar-refractivity contribution in [3.05, 3.63) is 34.9 Å². The second kappa shape index (κ2) is 5.90. The number of benzene rings is 1. The fourth-order valence-electron chi connectivity index (χ4n) is 2.04. The van der Waals surface area contributed by atoms with Crippen molar-refractivity contribution in [2.45, 2.75) is 32.6 Å². The Morgan fingerprint density at radius 1 is 1.50 bits per heavy atom. The van der Waals surface area contributed by atoms with Gasteiger partial charge in [0, 0.05) is 5.02 Å². The number of carbonyl (C=O) groups is 1. The summed E-state index contributed by atoms with van der Waals surface area (Å²) >= 11 is 5.88. The first-order valence-electron chi connectivity index (χ1n) is 5.54. The van der Waals surface area contributed by atoms with Gasteiger partial charge in [-0.2, -0.15) is 0 Å². The van der Waals surface area contributed by atoms with Crippen molar-refractivity contribution in [1.29, 1.82) is 0 Å². The molecule has 0 spiro atoms. The number of hydrogen-bond acceptors (Lipinski definition) is 1. The van der Waals surface area contributed by atoms with Gasteiger partial charge in [-0.05, 0) is 30.0 Å². The zero-order valence-electron chi connectivity index (χ0n) is 9.61. The van der Waals surface area contributed by atoms with E-state index in [1.165, 1.54) is 0 Å². The van der Waals surface area contributed by atoms with Gasteiger partial charge >= 0.3 is 5.97 Å². The van der Waals surface area contributed by atoms with Crippen LogP contribution in [0.5, 0.6) is 0 Å². The summed E-state index contributed by atoms with van der Waals surface area (Å²) in [4.78, 5) is 11.3. The largest absolute Gasteiger partial charge is 0.481 e. The number of carboxylic acids is 1. The standard InChI is InChI=1S/C13H17ClO2/c1-3-5-9(2)12(13(15)16)10-6-4-7-11(14)8-10/h4,6-9,12H,3,5H2,1-2H3,(H,15,16). The van der Waals surface area contributed by atoms with Gasteiger partial charge in [-0.25, -0.2) is 0 Å². The summed E-state index contributed by atoms with van der Waals surface area (Å²) in [5.74, 6) is -1.11. The Morgan fingerprint density at radius 3 is 2.69 bits per heavy atom. The van der Waals surface area contributed by atoms with Crippen LogP contribution in [0.2, 0.25) is 5.02 Å². The zero-order chi connectivity index (χ0) is 12.1. The molecular weight excluding hydrogens is 224 g/mol. The van der Waals surface area contributed by atoms with Crippen LogP contribution in [0.25, 0.3) is 0 Å². The van der Waals surface area contributed by atoms with Crippen LogP contribution in [0, 0.1) is 5.92 Å². The van der Waals surface area contributed by atoms with Gasteiger partial charge in [-0.15, -0.1) is 0 Å². The number of aliphatic carboxylic acids is 1. The Bertz CT molecular complexity index is 363. The summed E-state index contributed by atoms with van der Waals surface area (Å²) in [6.07, 6.45) is 1.90. The average Bonchev–Trinajstić information content (AvgIpc) is 2.17. The monoisotopic (exact) mass is 240 g/mol. The minimum absolute atomic E-state index is 0.126.